The summed E-state index contributed by atoms with van der Waals surface area (Å²) in [5.41, 5.74) is 0.0808. The highest BCUT2D eigenvalue weighted by Gasteiger charge is 2.22. The van der Waals surface area contributed by atoms with Crippen molar-refractivity contribution < 1.29 is 5.11 Å². The van der Waals surface area contributed by atoms with Crippen LogP contribution in [0.2, 0.25) is 0 Å². The summed E-state index contributed by atoms with van der Waals surface area (Å²) in [6.45, 7) is 5.56. The second-order valence-electron chi connectivity index (χ2n) is 5.04. The summed E-state index contributed by atoms with van der Waals surface area (Å²) < 4.78 is 0. The van der Waals surface area contributed by atoms with E-state index >= 15 is 0 Å². The molecule has 84 valence electrons. The van der Waals surface area contributed by atoms with E-state index in [-0.39, 0.29) is 5.41 Å². The van der Waals surface area contributed by atoms with Crippen molar-refractivity contribution in [1.82, 2.24) is 5.32 Å². The van der Waals surface area contributed by atoms with Gasteiger partial charge in [0.2, 0.25) is 0 Å². The Morgan fingerprint density at radius 3 is 2.43 bits per heavy atom. The van der Waals surface area contributed by atoms with Gasteiger partial charge < -0.3 is 10.4 Å². The molecular formula is C12H25NO. The van der Waals surface area contributed by atoms with Crippen molar-refractivity contribution in [2.45, 2.75) is 58.4 Å². The Kier molecular flexibility index (Phi) is 4.90. The Balaban J connectivity index is 2.23. The van der Waals surface area contributed by atoms with Gasteiger partial charge in [-0.3, -0.25) is 0 Å². The Morgan fingerprint density at radius 2 is 1.93 bits per heavy atom. The molecule has 0 heterocycles. The quantitative estimate of drug-likeness (QED) is 0.712. The third kappa shape index (κ3) is 3.58. The van der Waals surface area contributed by atoms with Crippen LogP contribution in [0.5, 0.6) is 0 Å². The van der Waals surface area contributed by atoms with Gasteiger partial charge in [0, 0.05) is 24.6 Å². The van der Waals surface area contributed by atoms with E-state index in [9.17, 15) is 5.11 Å². The summed E-state index contributed by atoms with van der Waals surface area (Å²) in [5.74, 6) is 0. The zero-order valence-corrected chi connectivity index (χ0v) is 9.68. The molecule has 0 amide bonds. The summed E-state index contributed by atoms with van der Waals surface area (Å²) in [4.78, 5) is 0. The van der Waals surface area contributed by atoms with Crippen molar-refractivity contribution in [3.8, 4) is 0 Å². The van der Waals surface area contributed by atoms with Crippen molar-refractivity contribution in [2.75, 3.05) is 13.2 Å². The molecule has 1 aliphatic carbocycles. The number of rotatable bonds is 5. The molecule has 1 aliphatic rings. The zero-order valence-electron chi connectivity index (χ0n) is 9.68. The van der Waals surface area contributed by atoms with Crippen molar-refractivity contribution in [2.24, 2.45) is 5.41 Å². The molecule has 2 nitrogen and oxygen atoms in total. The first-order valence-electron chi connectivity index (χ1n) is 6.04. The Hall–Kier alpha value is -0.0800. The van der Waals surface area contributed by atoms with Gasteiger partial charge in [0.15, 0.2) is 0 Å². The van der Waals surface area contributed by atoms with E-state index in [1.807, 2.05) is 0 Å². The van der Waals surface area contributed by atoms with Crippen LogP contribution in [0.25, 0.3) is 0 Å². The number of aliphatic hydroxyl groups is 1. The Morgan fingerprint density at radius 1 is 1.29 bits per heavy atom. The Labute approximate surface area is 88.1 Å². The molecule has 1 atom stereocenters. The average Bonchev–Trinajstić information content (AvgIpc) is 2.27. The normalized spacial score (nSPS) is 23.4. The monoisotopic (exact) mass is 199 g/mol. The topological polar surface area (TPSA) is 32.3 Å². The second kappa shape index (κ2) is 5.72. The third-order valence-electron chi connectivity index (χ3n) is 3.66. The van der Waals surface area contributed by atoms with Crippen LogP contribution in [-0.2, 0) is 0 Å². The van der Waals surface area contributed by atoms with Crippen LogP contribution in [0.15, 0.2) is 0 Å². The summed E-state index contributed by atoms with van der Waals surface area (Å²) in [6.07, 6.45) is 7.85. The molecule has 1 saturated carbocycles. The molecule has 0 aromatic carbocycles. The van der Waals surface area contributed by atoms with E-state index in [0.29, 0.717) is 12.6 Å². The average molecular weight is 199 g/mol. The van der Waals surface area contributed by atoms with Gasteiger partial charge in [0.1, 0.15) is 0 Å². The molecule has 14 heavy (non-hydrogen) atoms. The molecule has 0 aromatic heterocycles. The van der Waals surface area contributed by atoms with Crippen LogP contribution in [-0.4, -0.2) is 24.3 Å². The maximum atomic E-state index is 9.27. The fourth-order valence-corrected chi connectivity index (χ4v) is 1.99. The van der Waals surface area contributed by atoms with Gasteiger partial charge in [-0.25, -0.2) is 0 Å². The van der Waals surface area contributed by atoms with Crippen LogP contribution in [0.3, 0.4) is 0 Å². The highest BCUT2D eigenvalue weighted by atomic mass is 16.3. The van der Waals surface area contributed by atoms with Gasteiger partial charge in [-0.05, 0) is 19.3 Å². The minimum atomic E-state index is 0.0808. The lowest BCUT2D eigenvalue weighted by Crippen LogP contribution is -2.40. The van der Waals surface area contributed by atoms with Crippen molar-refractivity contribution in [3.63, 3.8) is 0 Å². The predicted molar refractivity (Wildman–Crippen MR) is 60.4 cm³/mol. The van der Waals surface area contributed by atoms with Gasteiger partial charge in [0.05, 0.1) is 0 Å². The van der Waals surface area contributed by atoms with E-state index < -0.39 is 0 Å². The van der Waals surface area contributed by atoms with Gasteiger partial charge >= 0.3 is 0 Å². The van der Waals surface area contributed by atoms with Gasteiger partial charge in [0.25, 0.3) is 0 Å². The maximum Gasteiger partial charge on any atom is 0.0496 e. The molecule has 0 aromatic rings. The molecule has 2 heteroatoms. The molecule has 0 saturated heterocycles. The first-order chi connectivity index (χ1) is 6.70. The molecule has 0 aliphatic heterocycles. The summed E-state index contributed by atoms with van der Waals surface area (Å²) in [5, 5.41) is 12.9. The Bertz CT molecular complexity index is 148. The first-order valence-corrected chi connectivity index (χ1v) is 6.04. The molecule has 0 bridgehead atoms. The van der Waals surface area contributed by atoms with Crippen molar-refractivity contribution in [1.29, 1.82) is 0 Å². The van der Waals surface area contributed by atoms with E-state index in [4.69, 9.17) is 0 Å². The summed E-state index contributed by atoms with van der Waals surface area (Å²) >= 11 is 0. The van der Waals surface area contributed by atoms with Gasteiger partial charge in [-0.1, -0.05) is 33.1 Å². The lowest BCUT2D eigenvalue weighted by molar-refractivity contribution is 0.129. The number of hydrogen-bond acceptors (Lipinski definition) is 2. The fraction of sp³-hybridized carbons (Fsp3) is 1.00. The molecular weight excluding hydrogens is 174 g/mol. The van der Waals surface area contributed by atoms with Crippen molar-refractivity contribution >= 4 is 0 Å². The lowest BCUT2D eigenvalue weighted by atomic mass is 9.87. The highest BCUT2D eigenvalue weighted by Crippen LogP contribution is 2.22. The van der Waals surface area contributed by atoms with E-state index in [1.54, 1.807) is 0 Å². The zero-order chi connectivity index (χ0) is 10.4. The molecule has 0 spiro atoms. The number of hydrogen-bond donors (Lipinski definition) is 2. The SMILES string of the molecule is CCC(C)(CO)CNC1CCCCC1. The minimum absolute atomic E-state index is 0.0808. The molecule has 0 radical (unpaired) electrons. The molecule has 1 fully saturated rings. The molecule has 2 N–H and O–H groups in total. The highest BCUT2D eigenvalue weighted by molar-refractivity contribution is 4.79. The molecule has 1 unspecified atom stereocenters. The minimum Gasteiger partial charge on any atom is -0.396 e. The summed E-state index contributed by atoms with van der Waals surface area (Å²) in [7, 11) is 0. The summed E-state index contributed by atoms with van der Waals surface area (Å²) in [6, 6.07) is 0.709. The van der Waals surface area contributed by atoms with Crippen LogP contribution < -0.4 is 5.32 Å². The maximum absolute atomic E-state index is 9.27. The van der Waals surface area contributed by atoms with Crippen LogP contribution in [0, 0.1) is 5.41 Å². The lowest BCUT2D eigenvalue weighted by Gasteiger charge is -2.30. The van der Waals surface area contributed by atoms with Crippen LogP contribution in [0.4, 0.5) is 0 Å². The van der Waals surface area contributed by atoms with Gasteiger partial charge in [-0.2, -0.15) is 0 Å². The standard InChI is InChI=1S/C12H25NO/c1-3-12(2,10-14)9-13-11-7-5-4-6-8-11/h11,13-14H,3-10H2,1-2H3. The second-order valence-corrected chi connectivity index (χ2v) is 5.04. The first kappa shape index (κ1) is 12.0. The van der Waals surface area contributed by atoms with E-state index in [1.165, 1.54) is 32.1 Å². The van der Waals surface area contributed by atoms with Crippen molar-refractivity contribution in [3.05, 3.63) is 0 Å². The van der Waals surface area contributed by atoms with Crippen LogP contribution in [0.1, 0.15) is 52.4 Å². The fourth-order valence-electron chi connectivity index (χ4n) is 1.99. The number of nitrogens with one attached hydrogen (secondary N) is 1. The van der Waals surface area contributed by atoms with E-state index in [0.717, 1.165) is 13.0 Å². The third-order valence-corrected chi connectivity index (χ3v) is 3.66. The smallest absolute Gasteiger partial charge is 0.0496 e. The van der Waals surface area contributed by atoms with Gasteiger partial charge in [-0.15, -0.1) is 0 Å². The predicted octanol–water partition coefficient (Wildman–Crippen LogP) is 2.32. The van der Waals surface area contributed by atoms with Crippen LogP contribution >= 0.6 is 0 Å². The number of aliphatic hydroxyl groups excluding tert-OH is 1. The largest absolute Gasteiger partial charge is 0.396 e. The van der Waals surface area contributed by atoms with E-state index in [2.05, 4.69) is 19.2 Å². The molecule has 1 rings (SSSR count).